The van der Waals surface area contributed by atoms with Crippen molar-refractivity contribution in [1.82, 2.24) is 4.98 Å². The van der Waals surface area contributed by atoms with E-state index in [1.165, 1.54) is 5.69 Å². The second-order valence-corrected chi connectivity index (χ2v) is 4.36. The largest absolute Gasteiger partial charge is 0.382 e. The van der Waals surface area contributed by atoms with Crippen LogP contribution in [-0.2, 0) is 0 Å². The Morgan fingerprint density at radius 1 is 1.20 bits per heavy atom. The summed E-state index contributed by atoms with van der Waals surface area (Å²) in [6.07, 6.45) is 0. The minimum atomic E-state index is 0.609. The van der Waals surface area contributed by atoms with E-state index in [2.05, 4.69) is 34.1 Å². The molecule has 2 aromatic rings. The number of benzene rings is 1. The number of hydrogen-bond donors (Lipinski definition) is 1. The second-order valence-electron chi connectivity index (χ2n) is 3.51. The van der Waals surface area contributed by atoms with Crippen molar-refractivity contribution in [2.45, 2.75) is 0 Å². The van der Waals surface area contributed by atoms with E-state index < -0.39 is 0 Å². The van der Waals surface area contributed by atoms with Crippen molar-refractivity contribution in [3.05, 3.63) is 29.8 Å². The average molecular weight is 219 g/mol. The van der Waals surface area contributed by atoms with Gasteiger partial charge in [0.1, 0.15) is 5.82 Å². The van der Waals surface area contributed by atoms with Gasteiger partial charge in [0.25, 0.3) is 0 Å². The summed E-state index contributed by atoms with van der Waals surface area (Å²) in [6.45, 7) is 0. The maximum absolute atomic E-state index is 5.76. The van der Waals surface area contributed by atoms with Crippen LogP contribution in [0.4, 0.5) is 11.5 Å². The van der Waals surface area contributed by atoms with Crippen LogP contribution in [0, 0.1) is 0 Å². The number of rotatable bonds is 2. The molecule has 0 atom stereocenters. The molecule has 2 rings (SSSR count). The van der Waals surface area contributed by atoms with E-state index in [4.69, 9.17) is 5.73 Å². The van der Waals surface area contributed by atoms with Crippen LogP contribution in [0.15, 0.2) is 29.8 Å². The SMILES string of the molecule is CN(C)c1ccc(-c2scnc2N)cc1. The first-order valence-electron chi connectivity index (χ1n) is 4.65. The first-order valence-corrected chi connectivity index (χ1v) is 5.53. The summed E-state index contributed by atoms with van der Waals surface area (Å²) < 4.78 is 0. The summed E-state index contributed by atoms with van der Waals surface area (Å²) in [6, 6.07) is 8.29. The monoisotopic (exact) mass is 219 g/mol. The fourth-order valence-electron chi connectivity index (χ4n) is 1.38. The predicted molar refractivity (Wildman–Crippen MR) is 66.3 cm³/mol. The van der Waals surface area contributed by atoms with E-state index in [0.717, 1.165) is 10.4 Å². The lowest BCUT2D eigenvalue weighted by Crippen LogP contribution is -2.07. The molecule has 1 aromatic heterocycles. The zero-order chi connectivity index (χ0) is 10.8. The number of nitrogens with zero attached hydrogens (tertiary/aromatic N) is 2. The smallest absolute Gasteiger partial charge is 0.142 e. The predicted octanol–water partition coefficient (Wildman–Crippen LogP) is 2.46. The summed E-state index contributed by atoms with van der Waals surface area (Å²) in [5.41, 5.74) is 9.84. The number of nitrogens with two attached hydrogens (primary N) is 1. The molecule has 1 heterocycles. The Labute approximate surface area is 93.2 Å². The van der Waals surface area contributed by atoms with Gasteiger partial charge in [0.2, 0.25) is 0 Å². The fourth-order valence-corrected chi connectivity index (χ4v) is 2.10. The third kappa shape index (κ3) is 1.94. The highest BCUT2D eigenvalue weighted by molar-refractivity contribution is 7.13. The Balaban J connectivity index is 2.36. The molecule has 0 saturated carbocycles. The zero-order valence-corrected chi connectivity index (χ0v) is 9.58. The molecule has 0 amide bonds. The number of nitrogen functional groups attached to an aromatic ring is 1. The standard InChI is InChI=1S/C11H13N3S/c1-14(2)9-5-3-8(4-6-9)10-11(12)13-7-15-10/h3-7H,12H2,1-2H3. The fraction of sp³-hybridized carbons (Fsp3) is 0.182. The first-order chi connectivity index (χ1) is 7.18. The normalized spacial score (nSPS) is 10.3. The number of thiazole rings is 1. The van der Waals surface area contributed by atoms with E-state index in [-0.39, 0.29) is 0 Å². The summed E-state index contributed by atoms with van der Waals surface area (Å²) in [5, 5.41) is 0. The molecular weight excluding hydrogens is 206 g/mol. The van der Waals surface area contributed by atoms with E-state index in [1.54, 1.807) is 16.8 Å². The molecule has 2 N–H and O–H groups in total. The molecule has 0 aliphatic rings. The molecule has 0 spiro atoms. The molecular formula is C11H13N3S. The van der Waals surface area contributed by atoms with Crippen molar-refractivity contribution in [2.24, 2.45) is 0 Å². The van der Waals surface area contributed by atoms with Gasteiger partial charge in [-0.05, 0) is 17.7 Å². The Hall–Kier alpha value is -1.55. The summed E-state index contributed by atoms with van der Waals surface area (Å²) in [7, 11) is 4.05. The third-order valence-electron chi connectivity index (χ3n) is 2.24. The molecule has 4 heteroatoms. The van der Waals surface area contributed by atoms with Gasteiger partial charge in [-0.15, -0.1) is 11.3 Å². The minimum absolute atomic E-state index is 0.609. The lowest BCUT2D eigenvalue weighted by atomic mass is 10.1. The van der Waals surface area contributed by atoms with Crippen LogP contribution in [0.25, 0.3) is 10.4 Å². The van der Waals surface area contributed by atoms with Gasteiger partial charge >= 0.3 is 0 Å². The third-order valence-corrected chi connectivity index (χ3v) is 3.13. The Morgan fingerprint density at radius 3 is 2.33 bits per heavy atom. The topological polar surface area (TPSA) is 42.2 Å². The molecule has 0 aliphatic carbocycles. The van der Waals surface area contributed by atoms with Crippen molar-refractivity contribution < 1.29 is 0 Å². The maximum Gasteiger partial charge on any atom is 0.142 e. The van der Waals surface area contributed by atoms with E-state index >= 15 is 0 Å². The maximum atomic E-state index is 5.76. The van der Waals surface area contributed by atoms with Gasteiger partial charge in [0.15, 0.2) is 0 Å². The van der Waals surface area contributed by atoms with Gasteiger partial charge in [0.05, 0.1) is 10.4 Å². The molecule has 0 radical (unpaired) electrons. The second kappa shape index (κ2) is 3.90. The minimum Gasteiger partial charge on any atom is -0.382 e. The van der Waals surface area contributed by atoms with Crippen molar-refractivity contribution in [2.75, 3.05) is 24.7 Å². The Bertz CT molecular complexity index is 445. The molecule has 0 aliphatic heterocycles. The summed E-state index contributed by atoms with van der Waals surface area (Å²) in [5.74, 6) is 0.609. The van der Waals surface area contributed by atoms with Gasteiger partial charge in [-0.2, -0.15) is 0 Å². The van der Waals surface area contributed by atoms with Gasteiger partial charge in [-0.25, -0.2) is 4.98 Å². The van der Waals surface area contributed by atoms with E-state index in [9.17, 15) is 0 Å². The van der Waals surface area contributed by atoms with Crippen LogP contribution >= 0.6 is 11.3 Å². The van der Waals surface area contributed by atoms with Gasteiger partial charge in [-0.1, -0.05) is 12.1 Å². The van der Waals surface area contributed by atoms with Gasteiger partial charge in [0, 0.05) is 19.8 Å². The number of aromatic nitrogens is 1. The van der Waals surface area contributed by atoms with Crippen molar-refractivity contribution in [1.29, 1.82) is 0 Å². The lowest BCUT2D eigenvalue weighted by molar-refractivity contribution is 1.13. The van der Waals surface area contributed by atoms with Crippen LogP contribution < -0.4 is 10.6 Å². The van der Waals surface area contributed by atoms with Crippen LogP contribution in [0.5, 0.6) is 0 Å². The molecule has 0 unspecified atom stereocenters. The first kappa shape index (κ1) is 9.98. The van der Waals surface area contributed by atoms with Crippen LogP contribution in [0.1, 0.15) is 0 Å². The van der Waals surface area contributed by atoms with E-state index in [0.29, 0.717) is 5.82 Å². The highest BCUT2D eigenvalue weighted by Crippen LogP contribution is 2.30. The van der Waals surface area contributed by atoms with Crippen molar-refractivity contribution >= 4 is 22.8 Å². The Morgan fingerprint density at radius 2 is 1.87 bits per heavy atom. The highest BCUT2D eigenvalue weighted by Gasteiger charge is 2.05. The lowest BCUT2D eigenvalue weighted by Gasteiger charge is -2.12. The molecule has 3 nitrogen and oxygen atoms in total. The van der Waals surface area contributed by atoms with Crippen LogP contribution in [0.3, 0.4) is 0 Å². The molecule has 0 saturated heterocycles. The average Bonchev–Trinajstić information content (AvgIpc) is 2.65. The zero-order valence-electron chi connectivity index (χ0n) is 8.77. The van der Waals surface area contributed by atoms with Crippen molar-refractivity contribution in [3.8, 4) is 10.4 Å². The molecule has 78 valence electrons. The highest BCUT2D eigenvalue weighted by atomic mass is 32.1. The number of hydrogen-bond acceptors (Lipinski definition) is 4. The molecule has 15 heavy (non-hydrogen) atoms. The van der Waals surface area contributed by atoms with Crippen molar-refractivity contribution in [3.63, 3.8) is 0 Å². The van der Waals surface area contributed by atoms with Crippen LogP contribution in [-0.4, -0.2) is 19.1 Å². The van der Waals surface area contributed by atoms with Gasteiger partial charge in [-0.3, -0.25) is 0 Å². The van der Waals surface area contributed by atoms with E-state index in [1.807, 2.05) is 14.1 Å². The van der Waals surface area contributed by atoms with Gasteiger partial charge < -0.3 is 10.6 Å². The molecule has 0 bridgehead atoms. The van der Waals surface area contributed by atoms with Crippen LogP contribution in [0.2, 0.25) is 0 Å². The number of anilines is 2. The molecule has 1 aromatic carbocycles. The molecule has 0 fully saturated rings. The summed E-state index contributed by atoms with van der Waals surface area (Å²) in [4.78, 5) is 7.15. The summed E-state index contributed by atoms with van der Waals surface area (Å²) >= 11 is 1.57. The quantitative estimate of drug-likeness (QED) is 0.843. The Kier molecular flexibility index (Phi) is 2.60.